The maximum atomic E-state index is 11.6. The molecule has 0 aliphatic heterocycles. The van der Waals surface area contributed by atoms with Gasteiger partial charge in [-0.2, -0.15) is 5.10 Å². The summed E-state index contributed by atoms with van der Waals surface area (Å²) in [6.07, 6.45) is 3.18. The Hall–Kier alpha value is -2.37. The van der Waals surface area contributed by atoms with Gasteiger partial charge in [0.15, 0.2) is 0 Å². The average molecular weight is 273 g/mol. The highest BCUT2D eigenvalue weighted by atomic mass is 16.3. The smallest absolute Gasteiger partial charge is 0.329 e. The van der Waals surface area contributed by atoms with Crippen molar-refractivity contribution in [2.45, 2.75) is 31.7 Å². The molecule has 1 fully saturated rings. The molecule has 0 saturated heterocycles. The molecule has 0 atom stereocenters. The lowest BCUT2D eigenvalue weighted by Gasteiger charge is -2.03. The Balaban J connectivity index is 1.67. The van der Waals surface area contributed by atoms with E-state index in [-0.39, 0.29) is 11.8 Å². The summed E-state index contributed by atoms with van der Waals surface area (Å²) >= 11 is 0. The Kier molecular flexibility index (Phi) is 3.14. The summed E-state index contributed by atoms with van der Waals surface area (Å²) in [7, 11) is 0. The lowest BCUT2D eigenvalue weighted by atomic mass is 10.1. The first-order valence-corrected chi connectivity index (χ1v) is 6.64. The average Bonchev–Trinajstić information content (AvgIpc) is 3.14. The zero-order chi connectivity index (χ0) is 14.1. The first kappa shape index (κ1) is 12.7. The maximum Gasteiger partial charge on any atom is 0.329 e. The largest absolute Gasteiger partial charge is 0.508 e. The van der Waals surface area contributed by atoms with Crippen LogP contribution in [-0.2, 0) is 16.0 Å². The van der Waals surface area contributed by atoms with Gasteiger partial charge in [-0.05, 0) is 31.7 Å². The summed E-state index contributed by atoms with van der Waals surface area (Å²) < 4.78 is 0. The van der Waals surface area contributed by atoms with Crippen LogP contribution in [-0.4, -0.2) is 28.7 Å². The second kappa shape index (κ2) is 4.96. The molecule has 3 N–H and O–H groups in total. The minimum Gasteiger partial charge on any atom is -0.508 e. The molecule has 0 heterocycles. The van der Waals surface area contributed by atoms with E-state index in [2.05, 4.69) is 15.8 Å². The zero-order valence-electron chi connectivity index (χ0n) is 10.8. The fourth-order valence-electron chi connectivity index (χ4n) is 2.25. The lowest BCUT2D eigenvalue weighted by Crippen LogP contribution is -2.39. The summed E-state index contributed by atoms with van der Waals surface area (Å²) in [5.41, 5.74) is 4.62. The van der Waals surface area contributed by atoms with E-state index >= 15 is 0 Å². The maximum absolute atomic E-state index is 11.6. The molecule has 1 saturated carbocycles. The number of phenols is 1. The van der Waals surface area contributed by atoms with Gasteiger partial charge >= 0.3 is 11.8 Å². The van der Waals surface area contributed by atoms with Crippen molar-refractivity contribution in [1.82, 2.24) is 10.7 Å². The zero-order valence-corrected chi connectivity index (χ0v) is 10.8. The molecule has 3 rings (SSSR count). The van der Waals surface area contributed by atoms with Gasteiger partial charge in [0.05, 0.1) is 5.71 Å². The van der Waals surface area contributed by atoms with Gasteiger partial charge < -0.3 is 10.4 Å². The number of amides is 2. The SMILES string of the molecule is O=C(NN=C1CCc2c(O)cccc21)C(=O)NC1CC1. The number of nitrogens with one attached hydrogen (secondary N) is 2. The number of phenolic OH excluding ortho intramolecular Hbond substituents is 1. The van der Waals surface area contributed by atoms with Crippen LogP contribution >= 0.6 is 0 Å². The minimum absolute atomic E-state index is 0.144. The number of hydrogen-bond donors (Lipinski definition) is 3. The van der Waals surface area contributed by atoms with Gasteiger partial charge in [-0.15, -0.1) is 0 Å². The van der Waals surface area contributed by atoms with E-state index in [1.807, 2.05) is 6.07 Å². The Morgan fingerprint density at radius 2 is 2.00 bits per heavy atom. The third-order valence-corrected chi connectivity index (χ3v) is 3.49. The lowest BCUT2D eigenvalue weighted by molar-refractivity contribution is -0.139. The van der Waals surface area contributed by atoms with Crippen LogP contribution in [0.5, 0.6) is 5.75 Å². The number of fused-ring (bicyclic) bond motifs is 1. The summed E-state index contributed by atoms with van der Waals surface area (Å²) in [6, 6.07) is 5.35. The highest BCUT2D eigenvalue weighted by molar-refractivity contribution is 6.35. The van der Waals surface area contributed by atoms with Crippen LogP contribution in [0.25, 0.3) is 0 Å². The summed E-state index contributed by atoms with van der Waals surface area (Å²) in [6.45, 7) is 0. The quantitative estimate of drug-likeness (QED) is 0.539. The monoisotopic (exact) mass is 273 g/mol. The molecule has 1 aromatic rings. The Bertz CT molecular complexity index is 606. The van der Waals surface area contributed by atoms with Crippen molar-refractivity contribution in [3.05, 3.63) is 29.3 Å². The van der Waals surface area contributed by atoms with Gasteiger partial charge in [-0.25, -0.2) is 5.43 Å². The molecule has 0 spiro atoms. The molecule has 6 heteroatoms. The molecule has 2 amide bonds. The number of benzene rings is 1. The van der Waals surface area contributed by atoms with Crippen LogP contribution in [0.1, 0.15) is 30.4 Å². The Labute approximate surface area is 115 Å². The van der Waals surface area contributed by atoms with Gasteiger partial charge in [0, 0.05) is 17.2 Å². The topological polar surface area (TPSA) is 90.8 Å². The van der Waals surface area contributed by atoms with Crippen LogP contribution in [0.2, 0.25) is 0 Å². The van der Waals surface area contributed by atoms with Crippen molar-refractivity contribution < 1.29 is 14.7 Å². The number of aromatic hydroxyl groups is 1. The normalized spacial score (nSPS) is 18.7. The highest BCUT2D eigenvalue weighted by Crippen LogP contribution is 2.29. The molecule has 0 radical (unpaired) electrons. The van der Waals surface area contributed by atoms with E-state index in [1.54, 1.807) is 12.1 Å². The first-order chi connectivity index (χ1) is 9.65. The second-order valence-corrected chi connectivity index (χ2v) is 5.05. The molecule has 0 unspecified atom stereocenters. The van der Waals surface area contributed by atoms with Gasteiger partial charge in [0.2, 0.25) is 0 Å². The molecular weight excluding hydrogens is 258 g/mol. The summed E-state index contributed by atoms with van der Waals surface area (Å²) in [5.74, 6) is -1.16. The predicted molar refractivity (Wildman–Crippen MR) is 72.3 cm³/mol. The second-order valence-electron chi connectivity index (χ2n) is 5.05. The Morgan fingerprint density at radius 1 is 1.20 bits per heavy atom. The van der Waals surface area contributed by atoms with Gasteiger partial charge in [-0.3, -0.25) is 9.59 Å². The molecule has 2 aliphatic carbocycles. The third kappa shape index (κ3) is 2.49. The third-order valence-electron chi connectivity index (χ3n) is 3.49. The van der Waals surface area contributed by atoms with Crippen molar-refractivity contribution in [2.75, 3.05) is 0 Å². The van der Waals surface area contributed by atoms with Crippen LogP contribution in [0.4, 0.5) is 0 Å². The van der Waals surface area contributed by atoms with E-state index in [9.17, 15) is 14.7 Å². The molecule has 104 valence electrons. The van der Waals surface area contributed by atoms with Crippen molar-refractivity contribution in [2.24, 2.45) is 5.10 Å². The van der Waals surface area contributed by atoms with Crippen LogP contribution in [0, 0.1) is 0 Å². The molecule has 0 aromatic heterocycles. The standard InChI is InChI=1S/C14H15N3O3/c18-12-3-1-2-9-10(12)6-7-11(9)16-17-14(20)13(19)15-8-4-5-8/h1-3,8,18H,4-7H2,(H,15,19)(H,17,20). The van der Waals surface area contributed by atoms with Crippen molar-refractivity contribution in [3.63, 3.8) is 0 Å². The minimum atomic E-state index is -0.752. The van der Waals surface area contributed by atoms with Crippen LogP contribution in [0.15, 0.2) is 23.3 Å². The molecule has 20 heavy (non-hydrogen) atoms. The highest BCUT2D eigenvalue weighted by Gasteiger charge is 2.26. The molecule has 0 bridgehead atoms. The van der Waals surface area contributed by atoms with Crippen molar-refractivity contribution in [3.8, 4) is 5.75 Å². The molecule has 1 aromatic carbocycles. The number of carbonyl (C=O) groups is 2. The van der Waals surface area contributed by atoms with E-state index < -0.39 is 11.8 Å². The number of hydrogen-bond acceptors (Lipinski definition) is 4. The van der Waals surface area contributed by atoms with E-state index in [0.717, 1.165) is 24.0 Å². The van der Waals surface area contributed by atoms with Gasteiger partial charge in [0.1, 0.15) is 5.75 Å². The van der Waals surface area contributed by atoms with E-state index in [1.165, 1.54) is 0 Å². The van der Waals surface area contributed by atoms with Gasteiger partial charge in [-0.1, -0.05) is 12.1 Å². The number of carbonyl (C=O) groups excluding carboxylic acids is 2. The summed E-state index contributed by atoms with van der Waals surface area (Å²) in [4.78, 5) is 23.0. The van der Waals surface area contributed by atoms with E-state index in [4.69, 9.17) is 0 Å². The van der Waals surface area contributed by atoms with Crippen molar-refractivity contribution in [1.29, 1.82) is 0 Å². The Morgan fingerprint density at radius 3 is 2.75 bits per heavy atom. The van der Waals surface area contributed by atoms with Crippen LogP contribution in [0.3, 0.4) is 0 Å². The fraction of sp³-hybridized carbons (Fsp3) is 0.357. The van der Waals surface area contributed by atoms with Crippen molar-refractivity contribution >= 4 is 17.5 Å². The molecular formula is C14H15N3O3. The predicted octanol–water partition coefficient (Wildman–Crippen LogP) is 0.437. The molecule has 6 nitrogen and oxygen atoms in total. The van der Waals surface area contributed by atoms with E-state index in [0.29, 0.717) is 18.6 Å². The van der Waals surface area contributed by atoms with Gasteiger partial charge in [0.25, 0.3) is 0 Å². The number of hydrazone groups is 1. The number of rotatable bonds is 2. The summed E-state index contributed by atoms with van der Waals surface area (Å²) in [5, 5.41) is 16.3. The number of nitrogens with zero attached hydrogens (tertiary/aromatic N) is 1. The fourth-order valence-corrected chi connectivity index (χ4v) is 2.25. The molecule has 2 aliphatic rings. The van der Waals surface area contributed by atoms with Crippen LogP contribution < -0.4 is 10.7 Å². The first-order valence-electron chi connectivity index (χ1n) is 6.64.